The van der Waals surface area contributed by atoms with Crippen LogP contribution in [-0.4, -0.2) is 14.5 Å². The Morgan fingerprint density at radius 1 is 0.960 bits per heavy atom. The predicted octanol–water partition coefficient (Wildman–Crippen LogP) is 5.27. The number of hydrogen-bond acceptors (Lipinski definition) is 4. The van der Waals surface area contributed by atoms with E-state index in [0.29, 0.717) is 0 Å². The molecule has 0 saturated heterocycles. The van der Waals surface area contributed by atoms with Crippen molar-refractivity contribution >= 4 is 38.6 Å². The van der Waals surface area contributed by atoms with Crippen LogP contribution in [0.25, 0.3) is 11.0 Å². The van der Waals surface area contributed by atoms with Gasteiger partial charge in [0.1, 0.15) is 11.5 Å². The number of benzene rings is 2. The summed E-state index contributed by atoms with van der Waals surface area (Å²) in [5.74, 6) is 2.27. The van der Waals surface area contributed by atoms with Crippen LogP contribution in [0.2, 0.25) is 0 Å². The topological polar surface area (TPSA) is 52.0 Å². The Morgan fingerprint density at radius 2 is 1.72 bits per heavy atom. The van der Waals surface area contributed by atoms with E-state index < -0.39 is 0 Å². The lowest BCUT2D eigenvalue weighted by Crippen LogP contribution is -1.98. The minimum absolute atomic E-state index is 0.743. The number of aromatic nitrogens is 3. The molecule has 5 nitrogen and oxygen atoms in total. The number of pyridine rings is 1. The van der Waals surface area contributed by atoms with Crippen molar-refractivity contribution in [3.8, 4) is 11.5 Å². The van der Waals surface area contributed by atoms with Crippen molar-refractivity contribution in [3.05, 3.63) is 71.5 Å². The maximum Gasteiger partial charge on any atom is 0.208 e. The maximum atomic E-state index is 5.85. The normalized spacial score (nSPS) is 10.8. The van der Waals surface area contributed by atoms with Gasteiger partial charge in [0, 0.05) is 35.7 Å². The lowest BCUT2D eigenvalue weighted by molar-refractivity contribution is 0.482. The third-order valence-corrected chi connectivity index (χ3v) is 4.37. The molecule has 4 aromatic rings. The third-order valence-electron chi connectivity index (χ3n) is 3.84. The van der Waals surface area contributed by atoms with E-state index in [1.54, 1.807) is 12.4 Å². The van der Waals surface area contributed by atoms with Crippen molar-refractivity contribution in [1.82, 2.24) is 14.5 Å². The van der Waals surface area contributed by atoms with Crippen molar-refractivity contribution in [2.75, 3.05) is 5.32 Å². The Hall–Kier alpha value is -2.86. The van der Waals surface area contributed by atoms with Crippen LogP contribution < -0.4 is 10.1 Å². The van der Waals surface area contributed by atoms with Crippen LogP contribution in [0.15, 0.2) is 71.5 Å². The molecule has 124 valence electrons. The summed E-state index contributed by atoms with van der Waals surface area (Å²) in [6.07, 6.45) is 3.41. The molecule has 0 unspecified atom stereocenters. The number of fused-ring (bicyclic) bond motifs is 1. The van der Waals surface area contributed by atoms with Crippen molar-refractivity contribution in [2.45, 2.75) is 0 Å². The summed E-state index contributed by atoms with van der Waals surface area (Å²) in [6, 6.07) is 17.5. The van der Waals surface area contributed by atoms with Gasteiger partial charge in [0.25, 0.3) is 0 Å². The van der Waals surface area contributed by atoms with E-state index in [4.69, 9.17) is 4.74 Å². The number of nitrogens with zero attached hydrogens (tertiary/aromatic N) is 3. The second-order valence-corrected chi connectivity index (χ2v) is 6.48. The second kappa shape index (κ2) is 6.57. The number of aryl methyl sites for hydroxylation is 1. The Bertz CT molecular complexity index is 1010. The molecule has 0 radical (unpaired) electrons. The smallest absolute Gasteiger partial charge is 0.208 e. The molecule has 25 heavy (non-hydrogen) atoms. The van der Waals surface area contributed by atoms with E-state index in [1.165, 1.54) is 0 Å². The molecule has 1 N–H and O–H groups in total. The minimum Gasteiger partial charge on any atom is -0.457 e. The maximum absolute atomic E-state index is 5.85. The Labute approximate surface area is 153 Å². The molecule has 0 aliphatic rings. The molecule has 0 spiro atoms. The van der Waals surface area contributed by atoms with Gasteiger partial charge in [-0.05, 0) is 48.5 Å². The Morgan fingerprint density at radius 3 is 2.48 bits per heavy atom. The molecule has 0 aliphatic carbocycles. The highest BCUT2D eigenvalue weighted by Crippen LogP contribution is 2.28. The van der Waals surface area contributed by atoms with E-state index >= 15 is 0 Å². The summed E-state index contributed by atoms with van der Waals surface area (Å²) in [4.78, 5) is 8.67. The zero-order valence-corrected chi connectivity index (χ0v) is 15.1. The average Bonchev–Trinajstić information content (AvgIpc) is 2.93. The zero-order valence-electron chi connectivity index (χ0n) is 13.5. The molecule has 0 bridgehead atoms. The molecular formula is C19H15BrN4O. The Kier molecular flexibility index (Phi) is 4.11. The number of anilines is 2. The summed E-state index contributed by atoms with van der Waals surface area (Å²) in [5, 5.41) is 3.34. The highest BCUT2D eigenvalue weighted by molar-refractivity contribution is 9.10. The van der Waals surface area contributed by atoms with E-state index in [0.717, 1.165) is 38.6 Å². The van der Waals surface area contributed by atoms with Crippen LogP contribution in [0.1, 0.15) is 0 Å². The van der Waals surface area contributed by atoms with Crippen LogP contribution in [0.3, 0.4) is 0 Å². The number of nitrogens with one attached hydrogen (secondary N) is 1. The molecule has 0 atom stereocenters. The second-order valence-electron chi connectivity index (χ2n) is 5.56. The van der Waals surface area contributed by atoms with Crippen LogP contribution in [0, 0.1) is 0 Å². The highest BCUT2D eigenvalue weighted by Gasteiger charge is 2.09. The molecule has 0 fully saturated rings. The first kappa shape index (κ1) is 15.7. The molecule has 2 aromatic carbocycles. The van der Waals surface area contributed by atoms with Gasteiger partial charge < -0.3 is 14.6 Å². The van der Waals surface area contributed by atoms with Crippen molar-refractivity contribution in [3.63, 3.8) is 0 Å². The van der Waals surface area contributed by atoms with Gasteiger partial charge >= 0.3 is 0 Å². The third kappa shape index (κ3) is 3.34. The van der Waals surface area contributed by atoms with Crippen molar-refractivity contribution in [2.24, 2.45) is 7.05 Å². The van der Waals surface area contributed by atoms with Crippen molar-refractivity contribution < 1.29 is 4.74 Å². The summed E-state index contributed by atoms with van der Waals surface area (Å²) < 4.78 is 8.92. The molecule has 0 aliphatic heterocycles. The average molecular weight is 395 g/mol. The summed E-state index contributed by atoms with van der Waals surface area (Å²) in [6.45, 7) is 0. The molecule has 2 aromatic heterocycles. The van der Waals surface area contributed by atoms with Crippen molar-refractivity contribution in [1.29, 1.82) is 0 Å². The number of rotatable bonds is 4. The monoisotopic (exact) mass is 394 g/mol. The highest BCUT2D eigenvalue weighted by atomic mass is 79.9. The van der Waals surface area contributed by atoms with Gasteiger partial charge in [-0.1, -0.05) is 15.9 Å². The van der Waals surface area contributed by atoms with E-state index in [9.17, 15) is 0 Å². The molecule has 2 heterocycles. The predicted molar refractivity (Wildman–Crippen MR) is 102 cm³/mol. The molecule has 0 amide bonds. The van der Waals surface area contributed by atoms with E-state index in [-0.39, 0.29) is 0 Å². The quantitative estimate of drug-likeness (QED) is 0.512. The number of imidazole rings is 1. The van der Waals surface area contributed by atoms with Crippen LogP contribution in [-0.2, 0) is 7.05 Å². The van der Waals surface area contributed by atoms with Gasteiger partial charge in [-0.2, -0.15) is 0 Å². The van der Waals surface area contributed by atoms with Crippen LogP contribution in [0.4, 0.5) is 11.6 Å². The largest absolute Gasteiger partial charge is 0.457 e. The molecule has 4 rings (SSSR count). The zero-order chi connectivity index (χ0) is 17.2. The molecular weight excluding hydrogens is 380 g/mol. The summed E-state index contributed by atoms with van der Waals surface area (Å²) >= 11 is 3.44. The van der Waals surface area contributed by atoms with Gasteiger partial charge in [0.2, 0.25) is 5.95 Å². The van der Waals surface area contributed by atoms with Gasteiger partial charge in [0.15, 0.2) is 0 Å². The first-order valence-electron chi connectivity index (χ1n) is 7.76. The first-order valence-corrected chi connectivity index (χ1v) is 8.55. The van der Waals surface area contributed by atoms with Crippen LogP contribution in [0.5, 0.6) is 11.5 Å². The number of ether oxygens (including phenoxy) is 1. The molecule has 6 heteroatoms. The van der Waals surface area contributed by atoms with Gasteiger partial charge in [0.05, 0.1) is 11.0 Å². The SMILES string of the molecule is Cn1c(Nc2ccc(Br)cc2)nc2cc(Oc3ccncc3)ccc21. The van der Waals surface area contributed by atoms with Gasteiger partial charge in [-0.15, -0.1) is 0 Å². The fraction of sp³-hybridized carbons (Fsp3) is 0.0526. The van der Waals surface area contributed by atoms with Crippen LogP contribution >= 0.6 is 15.9 Å². The first-order chi connectivity index (χ1) is 12.2. The fourth-order valence-electron chi connectivity index (χ4n) is 2.56. The van der Waals surface area contributed by atoms with Gasteiger partial charge in [-0.25, -0.2) is 4.98 Å². The lowest BCUT2D eigenvalue weighted by Gasteiger charge is -2.06. The fourth-order valence-corrected chi connectivity index (χ4v) is 2.82. The number of halogens is 1. The molecule has 0 saturated carbocycles. The number of hydrogen-bond donors (Lipinski definition) is 1. The standard InChI is InChI=1S/C19H15BrN4O/c1-24-18-7-6-16(25-15-8-10-21-11-9-15)12-17(18)23-19(24)22-14-4-2-13(20)3-5-14/h2-12H,1H3,(H,22,23). The van der Waals surface area contributed by atoms with Gasteiger partial charge in [-0.3, -0.25) is 4.98 Å². The van der Waals surface area contributed by atoms with E-state index in [2.05, 4.69) is 31.2 Å². The summed E-state index contributed by atoms with van der Waals surface area (Å²) in [5.41, 5.74) is 2.88. The minimum atomic E-state index is 0.743. The Balaban J connectivity index is 1.63. The van der Waals surface area contributed by atoms with E-state index in [1.807, 2.05) is 66.2 Å². The summed E-state index contributed by atoms with van der Waals surface area (Å²) in [7, 11) is 1.99. The lowest BCUT2D eigenvalue weighted by atomic mass is 10.3.